The molecule has 0 aliphatic carbocycles. The molecule has 0 atom stereocenters. The Bertz CT molecular complexity index is 587. The molecule has 116 valence electrons. The topological polar surface area (TPSA) is 59.6 Å². The monoisotopic (exact) mass is 300 g/mol. The second-order valence-electron chi connectivity index (χ2n) is 4.60. The van der Waals surface area contributed by atoms with Crippen LogP contribution < -0.4 is 20.1 Å². The Morgan fingerprint density at radius 3 is 2.45 bits per heavy atom. The zero-order chi connectivity index (χ0) is 15.6. The van der Waals surface area contributed by atoms with E-state index >= 15 is 0 Å². The minimum absolute atomic E-state index is 0.219. The number of amides is 2. The summed E-state index contributed by atoms with van der Waals surface area (Å²) in [5.41, 5.74) is 1.11. The molecule has 0 fully saturated rings. The van der Waals surface area contributed by atoms with Crippen LogP contribution in [0.4, 0.5) is 4.79 Å². The molecule has 0 saturated carbocycles. The summed E-state index contributed by atoms with van der Waals surface area (Å²) in [6.07, 6.45) is 0. The number of carbonyl (C=O) groups is 1. The predicted octanol–water partition coefficient (Wildman–Crippen LogP) is 2.57. The number of hydrogen-bond acceptors (Lipinski definition) is 3. The van der Waals surface area contributed by atoms with Crippen LogP contribution in [0.25, 0.3) is 0 Å². The molecule has 0 unspecified atom stereocenters. The Balaban J connectivity index is 1.78. The summed E-state index contributed by atoms with van der Waals surface area (Å²) >= 11 is 0. The summed E-state index contributed by atoms with van der Waals surface area (Å²) in [6, 6.07) is 17.2. The molecule has 2 N–H and O–H groups in total. The number of nitrogens with one attached hydrogen (secondary N) is 2. The molecule has 0 saturated heterocycles. The van der Waals surface area contributed by atoms with Gasteiger partial charge in [-0.2, -0.15) is 0 Å². The van der Waals surface area contributed by atoms with Gasteiger partial charge in [0.25, 0.3) is 0 Å². The molecule has 0 heterocycles. The minimum atomic E-state index is -0.219. The van der Waals surface area contributed by atoms with Gasteiger partial charge in [0.1, 0.15) is 24.7 Å². The standard InChI is InChI=1S/C17H20N2O3/c1-18-17(20)19-10-11-21-15-8-5-9-16(12-15)22-13-14-6-3-2-4-7-14/h2-9,12H,10-11,13H2,1H3,(H2,18,19,20). The molecule has 2 rings (SSSR count). The van der Waals surface area contributed by atoms with Crippen molar-refractivity contribution in [2.45, 2.75) is 6.61 Å². The lowest BCUT2D eigenvalue weighted by atomic mass is 10.2. The van der Waals surface area contributed by atoms with E-state index in [0.29, 0.717) is 25.5 Å². The van der Waals surface area contributed by atoms with E-state index in [1.807, 2.05) is 54.6 Å². The summed E-state index contributed by atoms with van der Waals surface area (Å²) in [4.78, 5) is 11.0. The Labute approximate surface area is 130 Å². The fourth-order valence-corrected chi connectivity index (χ4v) is 1.82. The normalized spacial score (nSPS) is 9.86. The molecule has 2 amide bonds. The van der Waals surface area contributed by atoms with Gasteiger partial charge in [0, 0.05) is 13.1 Å². The number of carbonyl (C=O) groups excluding carboxylic acids is 1. The highest BCUT2D eigenvalue weighted by molar-refractivity contribution is 5.73. The van der Waals surface area contributed by atoms with Crippen LogP contribution >= 0.6 is 0 Å². The highest BCUT2D eigenvalue weighted by atomic mass is 16.5. The van der Waals surface area contributed by atoms with E-state index in [9.17, 15) is 4.79 Å². The fourth-order valence-electron chi connectivity index (χ4n) is 1.82. The summed E-state index contributed by atoms with van der Waals surface area (Å²) in [6.45, 7) is 1.35. The van der Waals surface area contributed by atoms with Crippen LogP contribution in [0.1, 0.15) is 5.56 Å². The average molecular weight is 300 g/mol. The van der Waals surface area contributed by atoms with Gasteiger partial charge in [-0.15, -0.1) is 0 Å². The van der Waals surface area contributed by atoms with Gasteiger partial charge in [0.2, 0.25) is 0 Å². The number of benzene rings is 2. The molecular formula is C17H20N2O3. The van der Waals surface area contributed by atoms with Crippen LogP contribution in [0.5, 0.6) is 11.5 Å². The highest BCUT2D eigenvalue weighted by Gasteiger charge is 2.00. The van der Waals surface area contributed by atoms with Gasteiger partial charge < -0.3 is 20.1 Å². The van der Waals surface area contributed by atoms with E-state index in [0.717, 1.165) is 11.3 Å². The summed E-state index contributed by atoms with van der Waals surface area (Å²) in [5, 5.41) is 5.14. The first-order valence-corrected chi connectivity index (χ1v) is 7.13. The van der Waals surface area contributed by atoms with E-state index < -0.39 is 0 Å². The summed E-state index contributed by atoms with van der Waals surface area (Å²) in [5.74, 6) is 1.46. The molecule has 0 radical (unpaired) electrons. The molecule has 5 nitrogen and oxygen atoms in total. The van der Waals surface area contributed by atoms with Crippen LogP contribution in [0, 0.1) is 0 Å². The molecule has 2 aromatic carbocycles. The SMILES string of the molecule is CNC(=O)NCCOc1cccc(OCc2ccccc2)c1. The largest absolute Gasteiger partial charge is 0.492 e. The Kier molecular flexibility index (Phi) is 6.11. The molecule has 0 spiro atoms. The molecule has 2 aromatic rings. The third kappa shape index (κ3) is 5.36. The molecule has 5 heteroatoms. The predicted molar refractivity (Wildman–Crippen MR) is 85.2 cm³/mol. The molecule has 0 bridgehead atoms. The lowest BCUT2D eigenvalue weighted by Crippen LogP contribution is -2.35. The third-order valence-corrected chi connectivity index (χ3v) is 2.94. The van der Waals surface area contributed by atoms with Crippen molar-refractivity contribution in [2.75, 3.05) is 20.2 Å². The van der Waals surface area contributed by atoms with Crippen molar-refractivity contribution in [1.82, 2.24) is 10.6 Å². The van der Waals surface area contributed by atoms with Crippen molar-refractivity contribution < 1.29 is 14.3 Å². The van der Waals surface area contributed by atoms with Crippen LogP contribution in [0.3, 0.4) is 0 Å². The van der Waals surface area contributed by atoms with Crippen molar-refractivity contribution in [3.63, 3.8) is 0 Å². The van der Waals surface area contributed by atoms with E-state index in [2.05, 4.69) is 10.6 Å². The lowest BCUT2D eigenvalue weighted by molar-refractivity contribution is 0.238. The van der Waals surface area contributed by atoms with Gasteiger partial charge in [-0.3, -0.25) is 0 Å². The van der Waals surface area contributed by atoms with Crippen LogP contribution in [-0.4, -0.2) is 26.2 Å². The number of rotatable bonds is 7. The second kappa shape index (κ2) is 8.56. The Hall–Kier alpha value is -2.69. The maximum Gasteiger partial charge on any atom is 0.314 e. The molecule has 22 heavy (non-hydrogen) atoms. The van der Waals surface area contributed by atoms with E-state index in [1.54, 1.807) is 7.05 Å². The Morgan fingerprint density at radius 2 is 1.73 bits per heavy atom. The molecule has 0 aromatic heterocycles. The van der Waals surface area contributed by atoms with E-state index in [-0.39, 0.29) is 6.03 Å². The van der Waals surface area contributed by atoms with Crippen molar-refractivity contribution in [3.8, 4) is 11.5 Å². The van der Waals surface area contributed by atoms with Crippen molar-refractivity contribution in [1.29, 1.82) is 0 Å². The first-order valence-electron chi connectivity index (χ1n) is 7.13. The summed E-state index contributed by atoms with van der Waals surface area (Å²) < 4.78 is 11.3. The quantitative estimate of drug-likeness (QED) is 0.773. The molecule has 0 aliphatic rings. The first-order chi connectivity index (χ1) is 10.8. The van der Waals surface area contributed by atoms with Gasteiger partial charge in [0.05, 0.1) is 6.54 Å². The number of hydrogen-bond donors (Lipinski definition) is 2. The number of urea groups is 1. The zero-order valence-corrected chi connectivity index (χ0v) is 12.5. The fraction of sp³-hybridized carbons (Fsp3) is 0.235. The Morgan fingerprint density at radius 1 is 1.00 bits per heavy atom. The lowest BCUT2D eigenvalue weighted by Gasteiger charge is -2.10. The van der Waals surface area contributed by atoms with Crippen molar-refractivity contribution in [3.05, 3.63) is 60.2 Å². The highest BCUT2D eigenvalue weighted by Crippen LogP contribution is 2.20. The first kappa shape index (κ1) is 15.7. The van der Waals surface area contributed by atoms with E-state index in [4.69, 9.17) is 9.47 Å². The smallest absolute Gasteiger partial charge is 0.314 e. The molecular weight excluding hydrogens is 280 g/mol. The van der Waals surface area contributed by atoms with Crippen LogP contribution in [0.15, 0.2) is 54.6 Å². The van der Waals surface area contributed by atoms with Gasteiger partial charge in [-0.1, -0.05) is 36.4 Å². The van der Waals surface area contributed by atoms with Gasteiger partial charge in [-0.05, 0) is 17.7 Å². The van der Waals surface area contributed by atoms with Crippen molar-refractivity contribution >= 4 is 6.03 Å². The van der Waals surface area contributed by atoms with Gasteiger partial charge in [-0.25, -0.2) is 4.79 Å². The third-order valence-electron chi connectivity index (χ3n) is 2.94. The van der Waals surface area contributed by atoms with E-state index in [1.165, 1.54) is 0 Å². The summed E-state index contributed by atoms with van der Waals surface area (Å²) in [7, 11) is 1.57. The number of ether oxygens (including phenoxy) is 2. The van der Waals surface area contributed by atoms with Gasteiger partial charge >= 0.3 is 6.03 Å². The second-order valence-corrected chi connectivity index (χ2v) is 4.60. The molecule has 0 aliphatic heterocycles. The van der Waals surface area contributed by atoms with Crippen molar-refractivity contribution in [2.24, 2.45) is 0 Å². The average Bonchev–Trinajstić information content (AvgIpc) is 2.58. The maximum atomic E-state index is 11.0. The zero-order valence-electron chi connectivity index (χ0n) is 12.5. The van der Waals surface area contributed by atoms with Gasteiger partial charge in [0.15, 0.2) is 0 Å². The van der Waals surface area contributed by atoms with Crippen LogP contribution in [-0.2, 0) is 6.61 Å². The van der Waals surface area contributed by atoms with Crippen LogP contribution in [0.2, 0.25) is 0 Å². The maximum absolute atomic E-state index is 11.0. The minimum Gasteiger partial charge on any atom is -0.492 e.